The van der Waals surface area contributed by atoms with E-state index >= 15 is 0 Å². The van der Waals surface area contributed by atoms with Crippen molar-refractivity contribution in [2.24, 2.45) is 0 Å². The van der Waals surface area contributed by atoms with Crippen LogP contribution in [0.25, 0.3) is 0 Å². The second kappa shape index (κ2) is 8.92. The highest BCUT2D eigenvalue weighted by atomic mass is 16.5. The lowest BCUT2D eigenvalue weighted by atomic mass is 10.2. The molecule has 0 aromatic heterocycles. The molecule has 0 bridgehead atoms. The van der Waals surface area contributed by atoms with Crippen molar-refractivity contribution in [2.45, 2.75) is 32.7 Å². The molecule has 1 fully saturated rings. The molecule has 1 atom stereocenters. The van der Waals surface area contributed by atoms with Gasteiger partial charge in [-0.1, -0.05) is 13.3 Å². The Hall–Kier alpha value is -1.14. The summed E-state index contributed by atoms with van der Waals surface area (Å²) in [5, 5.41) is 2.89. The van der Waals surface area contributed by atoms with E-state index in [2.05, 4.69) is 12.2 Å². The van der Waals surface area contributed by atoms with Crippen molar-refractivity contribution in [3.63, 3.8) is 0 Å². The van der Waals surface area contributed by atoms with Crippen molar-refractivity contribution in [2.75, 3.05) is 46.4 Å². The summed E-state index contributed by atoms with van der Waals surface area (Å²) in [4.78, 5) is 27.6. The Morgan fingerprint density at radius 1 is 1.35 bits per heavy atom. The van der Waals surface area contributed by atoms with E-state index < -0.39 is 0 Å². The fraction of sp³-hybridized carbons (Fsp3) is 0.857. The number of carbonyl (C=O) groups excluding carboxylic acids is 2. The third-order valence-electron chi connectivity index (χ3n) is 3.62. The number of hydrogen-bond donors (Lipinski definition) is 1. The van der Waals surface area contributed by atoms with Crippen LogP contribution in [0.15, 0.2) is 0 Å². The quantitative estimate of drug-likeness (QED) is 0.673. The van der Waals surface area contributed by atoms with Gasteiger partial charge in [-0.25, -0.2) is 0 Å². The van der Waals surface area contributed by atoms with Gasteiger partial charge in [-0.3, -0.25) is 14.5 Å². The summed E-state index contributed by atoms with van der Waals surface area (Å²) < 4.78 is 5.22. The van der Waals surface area contributed by atoms with Gasteiger partial charge in [0.15, 0.2) is 0 Å². The topological polar surface area (TPSA) is 61.9 Å². The minimum Gasteiger partial charge on any atom is -0.378 e. The number of unbranched alkanes of at least 4 members (excludes halogenated alkanes) is 1. The fourth-order valence-electron chi connectivity index (χ4n) is 2.00. The summed E-state index contributed by atoms with van der Waals surface area (Å²) in [6.07, 6.45) is 2.04. The van der Waals surface area contributed by atoms with Crippen LogP contribution in [-0.2, 0) is 14.3 Å². The van der Waals surface area contributed by atoms with Crippen LogP contribution in [0.1, 0.15) is 26.7 Å². The molecule has 6 nitrogen and oxygen atoms in total. The summed E-state index contributed by atoms with van der Waals surface area (Å²) in [6, 6.07) is -0.295. The van der Waals surface area contributed by atoms with Crippen LogP contribution in [0, 0.1) is 0 Å². The Morgan fingerprint density at radius 3 is 2.60 bits per heavy atom. The van der Waals surface area contributed by atoms with Crippen molar-refractivity contribution in [3.05, 3.63) is 0 Å². The predicted molar refractivity (Wildman–Crippen MR) is 77.4 cm³/mol. The van der Waals surface area contributed by atoms with Crippen LogP contribution in [0.2, 0.25) is 0 Å². The summed E-state index contributed by atoms with van der Waals surface area (Å²) in [7, 11) is 1.81. The van der Waals surface area contributed by atoms with Crippen LogP contribution in [0.4, 0.5) is 0 Å². The number of nitrogens with one attached hydrogen (secondary N) is 1. The lowest BCUT2D eigenvalue weighted by Gasteiger charge is -2.30. The Kier molecular flexibility index (Phi) is 7.54. The SMILES string of the molecule is CCCCNC(=O)C(C)N(C)CC(=O)N1CCOCC1. The summed E-state index contributed by atoms with van der Waals surface area (Å²) in [5.74, 6) is 0.0414. The van der Waals surface area contributed by atoms with Crippen molar-refractivity contribution in [3.8, 4) is 0 Å². The average molecular weight is 285 g/mol. The molecule has 1 rings (SSSR count). The maximum Gasteiger partial charge on any atom is 0.237 e. The highest BCUT2D eigenvalue weighted by molar-refractivity contribution is 5.83. The lowest BCUT2D eigenvalue weighted by molar-refractivity contribution is -0.137. The molecule has 0 aromatic rings. The van der Waals surface area contributed by atoms with E-state index in [0.29, 0.717) is 32.8 Å². The Bertz CT molecular complexity index is 317. The van der Waals surface area contributed by atoms with Gasteiger partial charge in [-0.2, -0.15) is 0 Å². The molecule has 1 saturated heterocycles. The van der Waals surface area contributed by atoms with E-state index in [1.54, 1.807) is 9.80 Å². The van der Waals surface area contributed by atoms with Crippen molar-refractivity contribution >= 4 is 11.8 Å². The second-order valence-electron chi connectivity index (χ2n) is 5.23. The van der Waals surface area contributed by atoms with Crippen LogP contribution in [0.3, 0.4) is 0 Å². The molecule has 1 heterocycles. The first-order valence-corrected chi connectivity index (χ1v) is 7.39. The summed E-state index contributed by atoms with van der Waals surface area (Å²) >= 11 is 0. The van der Waals surface area contributed by atoms with E-state index in [1.807, 2.05) is 14.0 Å². The maximum absolute atomic E-state index is 12.1. The Labute approximate surface area is 121 Å². The van der Waals surface area contributed by atoms with Crippen LogP contribution < -0.4 is 5.32 Å². The normalized spacial score (nSPS) is 17.1. The molecule has 0 aromatic carbocycles. The van der Waals surface area contributed by atoms with Crippen LogP contribution in [0.5, 0.6) is 0 Å². The number of carbonyl (C=O) groups is 2. The van der Waals surface area contributed by atoms with Gasteiger partial charge in [0, 0.05) is 19.6 Å². The smallest absolute Gasteiger partial charge is 0.237 e. The third kappa shape index (κ3) is 5.46. The summed E-state index contributed by atoms with van der Waals surface area (Å²) in [5.41, 5.74) is 0. The summed E-state index contributed by atoms with van der Waals surface area (Å²) in [6.45, 7) is 7.36. The van der Waals surface area contributed by atoms with Crippen molar-refractivity contribution in [1.29, 1.82) is 0 Å². The molecule has 0 spiro atoms. The van der Waals surface area contributed by atoms with Crippen LogP contribution >= 0.6 is 0 Å². The van der Waals surface area contributed by atoms with E-state index in [-0.39, 0.29) is 24.4 Å². The molecule has 0 radical (unpaired) electrons. The van der Waals surface area contributed by atoms with Crippen molar-refractivity contribution in [1.82, 2.24) is 15.1 Å². The molecule has 2 amide bonds. The van der Waals surface area contributed by atoms with Gasteiger partial charge in [0.05, 0.1) is 25.8 Å². The Balaban J connectivity index is 2.34. The van der Waals surface area contributed by atoms with Crippen molar-refractivity contribution < 1.29 is 14.3 Å². The molecule has 1 N–H and O–H groups in total. The standard InChI is InChI=1S/C14H27N3O3/c1-4-5-6-15-14(19)12(2)16(3)11-13(18)17-7-9-20-10-8-17/h12H,4-11H2,1-3H3,(H,15,19). The molecular weight excluding hydrogens is 258 g/mol. The van der Waals surface area contributed by atoms with Gasteiger partial charge in [0.1, 0.15) is 0 Å². The third-order valence-corrected chi connectivity index (χ3v) is 3.62. The zero-order valence-electron chi connectivity index (χ0n) is 12.9. The van der Waals surface area contributed by atoms with Gasteiger partial charge in [-0.05, 0) is 20.4 Å². The number of ether oxygens (including phenoxy) is 1. The number of nitrogens with zero attached hydrogens (tertiary/aromatic N) is 2. The molecule has 1 unspecified atom stereocenters. The molecular formula is C14H27N3O3. The first-order valence-electron chi connectivity index (χ1n) is 7.39. The lowest BCUT2D eigenvalue weighted by Crippen LogP contribution is -2.50. The van der Waals surface area contributed by atoms with Gasteiger partial charge >= 0.3 is 0 Å². The molecule has 1 aliphatic rings. The van der Waals surface area contributed by atoms with E-state index in [4.69, 9.17) is 4.74 Å². The molecule has 20 heavy (non-hydrogen) atoms. The highest BCUT2D eigenvalue weighted by Gasteiger charge is 2.23. The monoisotopic (exact) mass is 285 g/mol. The number of hydrogen-bond acceptors (Lipinski definition) is 4. The predicted octanol–water partition coefficient (Wildman–Crippen LogP) is 0.0818. The van der Waals surface area contributed by atoms with Gasteiger partial charge in [-0.15, -0.1) is 0 Å². The van der Waals surface area contributed by atoms with E-state index in [9.17, 15) is 9.59 Å². The number of amides is 2. The molecule has 1 aliphatic heterocycles. The highest BCUT2D eigenvalue weighted by Crippen LogP contribution is 2.02. The van der Waals surface area contributed by atoms with E-state index in [1.165, 1.54) is 0 Å². The average Bonchev–Trinajstić information content (AvgIpc) is 2.47. The van der Waals surface area contributed by atoms with E-state index in [0.717, 1.165) is 12.8 Å². The largest absolute Gasteiger partial charge is 0.378 e. The minimum absolute atomic E-state index is 0.0178. The molecule has 116 valence electrons. The zero-order chi connectivity index (χ0) is 15.0. The number of morpholine rings is 1. The number of rotatable bonds is 7. The Morgan fingerprint density at radius 2 is 2.00 bits per heavy atom. The number of likely N-dealkylation sites (N-methyl/N-ethyl adjacent to an activating group) is 1. The first-order chi connectivity index (χ1) is 9.56. The zero-order valence-corrected chi connectivity index (χ0v) is 12.9. The molecule has 0 aliphatic carbocycles. The maximum atomic E-state index is 12.1. The van der Waals surface area contributed by atoms with Crippen LogP contribution in [-0.4, -0.2) is 74.1 Å². The fourth-order valence-corrected chi connectivity index (χ4v) is 2.00. The van der Waals surface area contributed by atoms with Gasteiger partial charge in [0.2, 0.25) is 11.8 Å². The minimum atomic E-state index is -0.295. The molecule has 6 heteroatoms. The van der Waals surface area contributed by atoms with Gasteiger partial charge in [0.25, 0.3) is 0 Å². The molecule has 0 saturated carbocycles. The van der Waals surface area contributed by atoms with Gasteiger partial charge < -0.3 is 15.0 Å². The first kappa shape index (κ1) is 16.9. The second-order valence-corrected chi connectivity index (χ2v) is 5.23.